The van der Waals surface area contributed by atoms with Gasteiger partial charge in [0.1, 0.15) is 61.0 Å². The Hall–Kier alpha value is -1.29. The van der Waals surface area contributed by atoms with Crippen LogP contribution in [0.4, 0.5) is 0 Å². The zero-order valence-electron chi connectivity index (χ0n) is 27.8. The summed E-state index contributed by atoms with van der Waals surface area (Å²) >= 11 is 0. The van der Waals surface area contributed by atoms with Gasteiger partial charge in [-0.05, 0) is 32.2 Å². The predicted molar refractivity (Wildman–Crippen MR) is 170 cm³/mol. The number of rotatable bonds is 16. The normalized spacial score (nSPS) is 44.6. The number of amides is 1. The maximum Gasteiger partial charge on any atom is 0.249 e. The maximum absolute atomic E-state index is 12.7. The fourth-order valence-corrected chi connectivity index (χ4v) is 6.65. The van der Waals surface area contributed by atoms with Gasteiger partial charge in [-0.1, -0.05) is 0 Å². The van der Waals surface area contributed by atoms with Crippen molar-refractivity contribution in [3.63, 3.8) is 0 Å². The van der Waals surface area contributed by atoms with Crippen LogP contribution in [0.5, 0.6) is 0 Å². The van der Waals surface area contributed by atoms with Crippen LogP contribution in [-0.4, -0.2) is 191 Å². The highest BCUT2D eigenvalue weighted by molar-refractivity contribution is 5.80. The zero-order chi connectivity index (χ0) is 36.7. The van der Waals surface area contributed by atoms with Gasteiger partial charge in [-0.15, -0.1) is 0 Å². The molecule has 4 fully saturated rings. The van der Waals surface area contributed by atoms with Gasteiger partial charge >= 0.3 is 0 Å². The van der Waals surface area contributed by atoms with Crippen molar-refractivity contribution in [1.82, 2.24) is 10.6 Å². The molecule has 0 aromatic rings. The van der Waals surface area contributed by atoms with Crippen LogP contribution < -0.4 is 39.3 Å². The minimum Gasteiger partial charge on any atom is -0.395 e. The van der Waals surface area contributed by atoms with E-state index in [0.717, 1.165) is 0 Å². The molecule has 0 unspecified atom stereocenters. The summed E-state index contributed by atoms with van der Waals surface area (Å²) in [6.45, 7) is -0.0994. The molecule has 21 nitrogen and oxygen atoms in total. The lowest BCUT2D eigenvalue weighted by Gasteiger charge is -2.46. The molecule has 1 saturated carbocycles. The summed E-state index contributed by atoms with van der Waals surface area (Å²) < 4.78 is 35.8. The van der Waals surface area contributed by atoms with E-state index in [1.807, 2.05) is 0 Å². The van der Waals surface area contributed by atoms with Crippen molar-refractivity contribution in [2.24, 2.45) is 28.7 Å². The Labute approximate surface area is 289 Å². The number of nitrogens with two attached hydrogens (primary N) is 5. The van der Waals surface area contributed by atoms with Gasteiger partial charge in [0.15, 0.2) is 18.9 Å². The smallest absolute Gasteiger partial charge is 0.249 e. The zero-order valence-corrected chi connectivity index (χ0v) is 27.8. The Morgan fingerprint density at radius 1 is 0.800 bits per heavy atom. The molecule has 0 radical (unpaired) electrons. The molecule has 3 aliphatic heterocycles. The first-order chi connectivity index (χ1) is 23.8. The highest BCUT2D eigenvalue weighted by Gasteiger charge is 2.54. The lowest BCUT2D eigenvalue weighted by atomic mass is 9.83. The molecule has 1 aliphatic carbocycles. The minimum absolute atomic E-state index is 0.0251. The largest absolute Gasteiger partial charge is 0.395 e. The SMILES string of the molecule is NCC[C@H](O)C(=O)N[C@@H]1C[C@H](N)[C@@H](O[C@H]2O[C@H](CNCCO)CC[C@H]2N)[C@H](O[C@H]2O[C@H](CO)[C@@H](O[C@@H]3O[C@@H](CN)[C@@H](O)[C@H](O)[C@H]3N)[C@H]2O)[C@H]1O. The minimum atomic E-state index is -1.65. The van der Waals surface area contributed by atoms with Gasteiger partial charge in [-0.3, -0.25) is 4.79 Å². The number of ether oxygens (including phenoxy) is 6. The first-order valence-corrected chi connectivity index (χ1v) is 17.1. The Morgan fingerprint density at radius 3 is 2.14 bits per heavy atom. The third-order valence-electron chi connectivity index (χ3n) is 9.58. The molecule has 0 bridgehead atoms. The van der Waals surface area contributed by atoms with Crippen molar-refractivity contribution in [3.8, 4) is 0 Å². The number of carbonyl (C=O) groups excluding carboxylic acids is 1. The lowest BCUT2D eigenvalue weighted by molar-refractivity contribution is -0.290. The number of hydrogen-bond donors (Lipinski definition) is 14. The van der Waals surface area contributed by atoms with Crippen molar-refractivity contribution in [2.75, 3.05) is 39.4 Å². The van der Waals surface area contributed by atoms with Crippen LogP contribution in [0.25, 0.3) is 0 Å². The number of nitrogens with one attached hydrogen (secondary N) is 2. The van der Waals surface area contributed by atoms with E-state index in [2.05, 4.69) is 10.6 Å². The Morgan fingerprint density at radius 2 is 1.48 bits per heavy atom. The summed E-state index contributed by atoms with van der Waals surface area (Å²) in [6.07, 6.45) is -16.9. The topological polar surface area (TPSA) is 368 Å². The molecule has 4 rings (SSSR count). The fraction of sp³-hybridized carbons (Fsp3) is 0.966. The quantitative estimate of drug-likeness (QED) is 0.0656. The molecular formula is C29H57N7O14. The van der Waals surface area contributed by atoms with Crippen LogP contribution in [0.2, 0.25) is 0 Å². The molecular weight excluding hydrogens is 670 g/mol. The van der Waals surface area contributed by atoms with Gasteiger partial charge in [0.25, 0.3) is 0 Å². The number of aliphatic hydroxyl groups excluding tert-OH is 7. The lowest BCUT2D eigenvalue weighted by Crippen LogP contribution is -2.67. The molecule has 292 valence electrons. The third-order valence-corrected chi connectivity index (χ3v) is 9.58. The first-order valence-electron chi connectivity index (χ1n) is 17.1. The Kier molecular flexibility index (Phi) is 15.9. The summed E-state index contributed by atoms with van der Waals surface area (Å²) in [4.78, 5) is 12.7. The summed E-state index contributed by atoms with van der Waals surface area (Å²) in [6, 6.07) is -3.83. The number of carbonyl (C=O) groups is 1. The molecule has 3 heterocycles. The second-order valence-electron chi connectivity index (χ2n) is 13.2. The van der Waals surface area contributed by atoms with Gasteiger partial charge in [0.05, 0.1) is 37.4 Å². The molecule has 4 aliphatic rings. The maximum atomic E-state index is 12.7. The molecule has 0 aromatic carbocycles. The number of aliphatic hydroxyl groups is 7. The molecule has 18 atom stereocenters. The Bertz CT molecular complexity index is 1040. The molecule has 21 heteroatoms. The fourth-order valence-electron chi connectivity index (χ4n) is 6.65. The van der Waals surface area contributed by atoms with Gasteiger partial charge in [-0.25, -0.2) is 0 Å². The molecule has 3 saturated heterocycles. The first kappa shape index (κ1) is 41.5. The molecule has 0 aromatic heterocycles. The van der Waals surface area contributed by atoms with E-state index < -0.39 is 117 Å². The van der Waals surface area contributed by atoms with Crippen molar-refractivity contribution < 1.29 is 69.0 Å². The summed E-state index contributed by atoms with van der Waals surface area (Å²) in [5.74, 6) is -0.793. The van der Waals surface area contributed by atoms with E-state index in [4.69, 9.17) is 62.2 Å². The van der Waals surface area contributed by atoms with E-state index >= 15 is 0 Å². The van der Waals surface area contributed by atoms with E-state index in [-0.39, 0.29) is 38.6 Å². The summed E-state index contributed by atoms with van der Waals surface area (Å²) in [7, 11) is 0. The highest BCUT2D eigenvalue weighted by atomic mass is 16.8. The average molecular weight is 728 g/mol. The van der Waals surface area contributed by atoms with Crippen LogP contribution in [0.15, 0.2) is 0 Å². The number of hydrogen-bond acceptors (Lipinski definition) is 20. The Balaban J connectivity index is 1.54. The molecule has 19 N–H and O–H groups in total. The molecule has 0 spiro atoms. The summed E-state index contributed by atoms with van der Waals surface area (Å²) in [5, 5.41) is 78.6. The van der Waals surface area contributed by atoms with Crippen LogP contribution >= 0.6 is 0 Å². The van der Waals surface area contributed by atoms with Gasteiger partial charge in [0, 0.05) is 25.7 Å². The second-order valence-corrected chi connectivity index (χ2v) is 13.2. The third kappa shape index (κ3) is 9.82. The average Bonchev–Trinajstić information content (AvgIpc) is 3.39. The summed E-state index contributed by atoms with van der Waals surface area (Å²) in [5.41, 5.74) is 30.1. The van der Waals surface area contributed by atoms with E-state index in [9.17, 15) is 35.4 Å². The molecule has 1 amide bonds. The van der Waals surface area contributed by atoms with Crippen LogP contribution in [0, 0.1) is 0 Å². The standard InChI is InChI=1S/C29H57N7O14/c30-4-3-15(39)26(44)36-14-7-13(33)23(48-27-12(32)2-1-11(45-27)9-35-5-6-37)25(19(14)40)50-29-22(43)24(17(10-38)47-29)49-28-18(34)21(42)20(41)16(8-31)46-28/h11-25,27-29,35,37-43H,1-10,30-34H2,(H,36,44)/t11-,12+,13-,14+,15-,16-,17+,18+,19-,20+,21+,22+,23+,24+,25+,27+,28-,29+/m0/s1. The monoisotopic (exact) mass is 727 g/mol. The van der Waals surface area contributed by atoms with Crippen LogP contribution in [-0.2, 0) is 33.2 Å². The van der Waals surface area contributed by atoms with Crippen molar-refractivity contribution in [3.05, 3.63) is 0 Å². The van der Waals surface area contributed by atoms with Crippen molar-refractivity contribution >= 4 is 5.91 Å². The second kappa shape index (κ2) is 19.2. The van der Waals surface area contributed by atoms with Gasteiger partial charge in [0.2, 0.25) is 5.91 Å². The molecule has 50 heavy (non-hydrogen) atoms. The highest BCUT2D eigenvalue weighted by Crippen LogP contribution is 2.34. The van der Waals surface area contributed by atoms with Crippen molar-refractivity contribution in [1.29, 1.82) is 0 Å². The van der Waals surface area contributed by atoms with E-state index in [1.54, 1.807) is 0 Å². The van der Waals surface area contributed by atoms with E-state index in [1.165, 1.54) is 0 Å². The van der Waals surface area contributed by atoms with Crippen LogP contribution in [0.1, 0.15) is 25.7 Å². The van der Waals surface area contributed by atoms with Crippen LogP contribution in [0.3, 0.4) is 0 Å². The van der Waals surface area contributed by atoms with Crippen molar-refractivity contribution in [2.45, 2.75) is 136 Å². The van der Waals surface area contributed by atoms with E-state index in [0.29, 0.717) is 25.9 Å². The van der Waals surface area contributed by atoms with Gasteiger partial charge < -0.3 is 103 Å². The van der Waals surface area contributed by atoms with Gasteiger partial charge in [-0.2, -0.15) is 0 Å². The predicted octanol–water partition coefficient (Wildman–Crippen LogP) is -8.35.